The predicted octanol–water partition coefficient (Wildman–Crippen LogP) is 4.14. The van der Waals surface area contributed by atoms with Crippen LogP contribution in [-0.2, 0) is 0 Å². The fraction of sp³-hybridized carbons (Fsp3) is 0.125. The number of nitrogens with zero attached hydrogens (tertiary/aromatic N) is 1. The summed E-state index contributed by atoms with van der Waals surface area (Å²) in [6, 6.07) is 11.3. The Kier molecular flexibility index (Phi) is 5.26. The Morgan fingerprint density at radius 2 is 1.91 bits per heavy atom. The van der Waals surface area contributed by atoms with Crippen molar-refractivity contribution in [3.8, 4) is 17.6 Å². The van der Waals surface area contributed by atoms with Gasteiger partial charge in [-0.25, -0.2) is 0 Å². The maximum absolute atomic E-state index is 12.1. The molecule has 0 aliphatic carbocycles. The first-order chi connectivity index (χ1) is 10.5. The third kappa shape index (κ3) is 3.70. The van der Waals surface area contributed by atoms with Crippen LogP contribution in [-0.4, -0.2) is 19.5 Å². The highest BCUT2D eigenvalue weighted by atomic mass is 35.5. The summed E-state index contributed by atoms with van der Waals surface area (Å²) in [7, 11) is 1.46. The standard InChI is InChI=1S/C16H11Cl2NO3/c1-21-16-6-10(8-19)2-5-15(16)22-9-14(20)11-3-4-12(17)13(18)7-11/h2-7H,9H2,1H3. The van der Waals surface area contributed by atoms with Gasteiger partial charge in [0.2, 0.25) is 0 Å². The summed E-state index contributed by atoms with van der Waals surface area (Å²) >= 11 is 11.7. The number of carbonyl (C=O) groups is 1. The van der Waals surface area contributed by atoms with Crippen LogP contribution < -0.4 is 9.47 Å². The molecule has 2 aromatic rings. The molecule has 6 heteroatoms. The van der Waals surface area contributed by atoms with Crippen LogP contribution in [0.5, 0.6) is 11.5 Å². The topological polar surface area (TPSA) is 59.3 Å². The van der Waals surface area contributed by atoms with Gasteiger partial charge in [-0.05, 0) is 30.3 Å². The highest BCUT2D eigenvalue weighted by molar-refractivity contribution is 6.42. The normalized spacial score (nSPS) is 9.91. The highest BCUT2D eigenvalue weighted by Gasteiger charge is 2.11. The quantitative estimate of drug-likeness (QED) is 0.770. The number of hydrogen-bond donors (Lipinski definition) is 0. The molecule has 0 spiro atoms. The first kappa shape index (κ1) is 16.2. The summed E-state index contributed by atoms with van der Waals surface area (Å²) < 4.78 is 10.6. The second-order valence-electron chi connectivity index (χ2n) is 4.32. The number of nitriles is 1. The summed E-state index contributed by atoms with van der Waals surface area (Å²) in [5.41, 5.74) is 0.849. The van der Waals surface area contributed by atoms with Gasteiger partial charge in [0.25, 0.3) is 0 Å². The van der Waals surface area contributed by atoms with E-state index in [1.54, 1.807) is 30.3 Å². The average Bonchev–Trinajstić information content (AvgIpc) is 2.54. The lowest BCUT2D eigenvalue weighted by molar-refractivity contribution is 0.0919. The Balaban J connectivity index is 2.11. The van der Waals surface area contributed by atoms with Crippen molar-refractivity contribution in [1.82, 2.24) is 0 Å². The molecule has 0 amide bonds. The molecule has 2 aromatic carbocycles. The summed E-state index contributed by atoms with van der Waals surface area (Å²) in [4.78, 5) is 12.1. The number of hydrogen-bond acceptors (Lipinski definition) is 4. The van der Waals surface area contributed by atoms with Crippen molar-refractivity contribution in [2.75, 3.05) is 13.7 Å². The van der Waals surface area contributed by atoms with Crippen molar-refractivity contribution in [3.63, 3.8) is 0 Å². The van der Waals surface area contributed by atoms with Gasteiger partial charge in [-0.1, -0.05) is 23.2 Å². The van der Waals surface area contributed by atoms with Gasteiger partial charge in [-0.2, -0.15) is 5.26 Å². The SMILES string of the molecule is COc1cc(C#N)ccc1OCC(=O)c1ccc(Cl)c(Cl)c1. The van der Waals surface area contributed by atoms with E-state index in [0.717, 1.165) is 0 Å². The first-order valence-corrected chi connectivity index (χ1v) is 7.00. The minimum absolute atomic E-state index is 0.180. The lowest BCUT2D eigenvalue weighted by Crippen LogP contribution is -2.12. The molecular weight excluding hydrogens is 325 g/mol. The van der Waals surface area contributed by atoms with Gasteiger partial charge >= 0.3 is 0 Å². The molecule has 0 aliphatic heterocycles. The van der Waals surface area contributed by atoms with Crippen molar-refractivity contribution in [2.24, 2.45) is 0 Å². The summed E-state index contributed by atoms with van der Waals surface area (Å²) in [6.45, 7) is -0.180. The van der Waals surface area contributed by atoms with E-state index in [9.17, 15) is 4.79 Å². The zero-order valence-corrected chi connectivity index (χ0v) is 13.1. The molecule has 0 radical (unpaired) electrons. The van der Waals surface area contributed by atoms with Crippen molar-refractivity contribution in [3.05, 3.63) is 57.6 Å². The Morgan fingerprint density at radius 3 is 2.55 bits per heavy atom. The van der Waals surface area contributed by atoms with Gasteiger partial charge in [-0.3, -0.25) is 4.79 Å². The lowest BCUT2D eigenvalue weighted by atomic mass is 10.1. The second-order valence-corrected chi connectivity index (χ2v) is 5.13. The summed E-state index contributed by atoms with van der Waals surface area (Å²) in [5, 5.41) is 9.53. The fourth-order valence-electron chi connectivity index (χ4n) is 1.75. The number of rotatable bonds is 5. The third-order valence-corrected chi connectivity index (χ3v) is 3.63. The molecule has 0 fully saturated rings. The number of methoxy groups -OCH3 is 1. The van der Waals surface area contributed by atoms with Crippen LogP contribution in [0.25, 0.3) is 0 Å². The van der Waals surface area contributed by atoms with Crippen molar-refractivity contribution < 1.29 is 14.3 Å². The fourth-order valence-corrected chi connectivity index (χ4v) is 2.05. The molecule has 4 nitrogen and oxygen atoms in total. The Morgan fingerprint density at radius 1 is 1.14 bits per heavy atom. The molecule has 112 valence electrons. The van der Waals surface area contributed by atoms with Crippen LogP contribution in [0, 0.1) is 11.3 Å². The first-order valence-electron chi connectivity index (χ1n) is 6.24. The van der Waals surface area contributed by atoms with E-state index >= 15 is 0 Å². The van der Waals surface area contributed by atoms with Crippen molar-refractivity contribution in [1.29, 1.82) is 5.26 Å². The number of ketones is 1. The maximum Gasteiger partial charge on any atom is 0.200 e. The number of Topliss-reactive ketones (excluding diaryl/α,β-unsaturated/α-hetero) is 1. The lowest BCUT2D eigenvalue weighted by Gasteiger charge is -2.10. The van der Waals surface area contributed by atoms with E-state index in [1.165, 1.54) is 13.2 Å². The van der Waals surface area contributed by atoms with Crippen molar-refractivity contribution >= 4 is 29.0 Å². The number of ether oxygens (including phenoxy) is 2. The molecule has 2 rings (SSSR count). The van der Waals surface area contributed by atoms with Crippen LogP contribution in [0.15, 0.2) is 36.4 Å². The molecule has 0 saturated heterocycles. The van der Waals surface area contributed by atoms with Gasteiger partial charge < -0.3 is 9.47 Å². The van der Waals surface area contributed by atoms with Crippen LogP contribution in [0.3, 0.4) is 0 Å². The Hall–Kier alpha value is -2.22. The van der Waals surface area contributed by atoms with Crippen LogP contribution >= 0.6 is 23.2 Å². The van der Waals surface area contributed by atoms with Gasteiger partial charge in [0, 0.05) is 11.6 Å². The van der Waals surface area contributed by atoms with E-state index in [4.69, 9.17) is 37.9 Å². The van der Waals surface area contributed by atoms with Crippen LogP contribution in [0.4, 0.5) is 0 Å². The molecule has 0 unspecified atom stereocenters. The largest absolute Gasteiger partial charge is 0.493 e. The van der Waals surface area contributed by atoms with E-state index in [0.29, 0.717) is 32.7 Å². The monoisotopic (exact) mass is 335 g/mol. The van der Waals surface area contributed by atoms with E-state index in [1.807, 2.05) is 6.07 Å². The molecular formula is C16H11Cl2NO3. The number of halogens is 2. The molecule has 0 aromatic heterocycles. The third-order valence-electron chi connectivity index (χ3n) is 2.89. The molecule has 0 atom stereocenters. The van der Waals surface area contributed by atoms with Gasteiger partial charge in [0.1, 0.15) is 0 Å². The average molecular weight is 336 g/mol. The van der Waals surface area contributed by atoms with E-state index in [2.05, 4.69) is 0 Å². The molecule has 0 heterocycles. The summed E-state index contributed by atoms with van der Waals surface area (Å²) in [5.74, 6) is 0.529. The zero-order valence-electron chi connectivity index (χ0n) is 11.6. The predicted molar refractivity (Wildman–Crippen MR) is 84.0 cm³/mol. The van der Waals surface area contributed by atoms with Gasteiger partial charge in [0.15, 0.2) is 23.9 Å². The Bertz CT molecular complexity index is 754. The number of benzene rings is 2. The minimum Gasteiger partial charge on any atom is -0.493 e. The summed E-state index contributed by atoms with van der Waals surface area (Å²) in [6.07, 6.45) is 0. The highest BCUT2D eigenvalue weighted by Crippen LogP contribution is 2.28. The molecule has 0 N–H and O–H groups in total. The smallest absolute Gasteiger partial charge is 0.200 e. The maximum atomic E-state index is 12.1. The van der Waals surface area contributed by atoms with Crippen LogP contribution in [0.1, 0.15) is 15.9 Å². The number of carbonyl (C=O) groups excluding carboxylic acids is 1. The molecule has 0 bridgehead atoms. The van der Waals surface area contributed by atoms with Crippen molar-refractivity contribution in [2.45, 2.75) is 0 Å². The second kappa shape index (κ2) is 7.17. The molecule has 22 heavy (non-hydrogen) atoms. The van der Waals surface area contributed by atoms with Gasteiger partial charge in [0.05, 0.1) is 28.8 Å². The van der Waals surface area contributed by atoms with E-state index < -0.39 is 0 Å². The van der Waals surface area contributed by atoms with Gasteiger partial charge in [-0.15, -0.1) is 0 Å². The Labute approximate surface area is 137 Å². The van der Waals surface area contributed by atoms with E-state index in [-0.39, 0.29) is 12.4 Å². The van der Waals surface area contributed by atoms with Crippen LogP contribution in [0.2, 0.25) is 10.0 Å². The zero-order chi connectivity index (χ0) is 16.1. The molecule has 0 aliphatic rings. The molecule has 0 saturated carbocycles. The minimum atomic E-state index is -0.245.